The number of rotatable bonds is 10. The molecule has 8 heteroatoms. The van der Waals surface area contributed by atoms with E-state index in [0.717, 1.165) is 22.3 Å². The maximum absolute atomic E-state index is 12.5. The van der Waals surface area contributed by atoms with E-state index in [-0.39, 0.29) is 12.5 Å². The number of benzene rings is 2. The molecule has 3 rings (SSSR count). The number of aliphatic carboxylic acids is 1. The molecule has 1 amide bonds. The quantitative estimate of drug-likeness (QED) is 0.325. The van der Waals surface area contributed by atoms with Crippen LogP contribution in [0, 0.1) is 0 Å². The first kappa shape index (κ1) is 25.8. The summed E-state index contributed by atoms with van der Waals surface area (Å²) in [4.78, 5) is 35.9. The molecule has 0 fully saturated rings. The van der Waals surface area contributed by atoms with Gasteiger partial charge in [-0.15, -0.1) is 0 Å². The number of hydrogen-bond acceptors (Lipinski definition) is 5. The Balaban J connectivity index is 1.46. The Hall–Kier alpha value is -2.79. The van der Waals surface area contributed by atoms with Crippen molar-refractivity contribution >= 4 is 32.6 Å². The number of nitrogens with one attached hydrogen (secondary N) is 1. The van der Waals surface area contributed by atoms with Crippen LogP contribution in [0.4, 0.5) is 9.59 Å². The van der Waals surface area contributed by atoms with Crippen LogP contribution < -0.4 is 5.32 Å². The number of alkyl carbamates (subject to hydrolysis) is 1. The first-order valence-electron chi connectivity index (χ1n) is 11.4. The number of amides is 1. The number of ether oxygens (including phenoxy) is 2. The third-order valence-corrected chi connectivity index (χ3v) is 7.83. The number of carboxylic acid groups (broad SMARTS) is 1. The van der Waals surface area contributed by atoms with Crippen LogP contribution in [0.1, 0.15) is 57.1 Å². The van der Waals surface area contributed by atoms with Crippen molar-refractivity contribution in [3.05, 3.63) is 59.7 Å². The van der Waals surface area contributed by atoms with Crippen molar-refractivity contribution < 1.29 is 29.0 Å². The van der Waals surface area contributed by atoms with Crippen molar-refractivity contribution in [3.8, 4) is 11.1 Å². The van der Waals surface area contributed by atoms with E-state index in [4.69, 9.17) is 9.47 Å². The van der Waals surface area contributed by atoms with E-state index in [1.54, 1.807) is 20.8 Å². The summed E-state index contributed by atoms with van der Waals surface area (Å²) in [7, 11) is 0. The zero-order valence-electron chi connectivity index (χ0n) is 19.7. The van der Waals surface area contributed by atoms with Gasteiger partial charge in [0.2, 0.25) is 0 Å². The standard InChI is InChI=1S/C26H31AsNO6/c1-26(2,3)34-25(32)28-15-9-8-14-22(23(29)30)27-24(31)33-16-21-19-12-6-4-10-17(19)18-11-5-7-13-20(18)21/h4-7,10-13,21-22H,8-9,14-16H2,1-3H3,(H,28,32)(H,29,30). The van der Waals surface area contributed by atoms with E-state index in [1.165, 1.54) is 0 Å². The Morgan fingerprint density at radius 2 is 1.59 bits per heavy atom. The van der Waals surface area contributed by atoms with Gasteiger partial charge in [0.25, 0.3) is 0 Å². The van der Waals surface area contributed by atoms with Gasteiger partial charge >= 0.3 is 207 Å². The van der Waals surface area contributed by atoms with Gasteiger partial charge in [0.05, 0.1) is 0 Å². The van der Waals surface area contributed by atoms with Crippen LogP contribution in [0.5, 0.6) is 0 Å². The van der Waals surface area contributed by atoms with Gasteiger partial charge in [-0.25, -0.2) is 0 Å². The van der Waals surface area contributed by atoms with Gasteiger partial charge in [0.1, 0.15) is 0 Å². The monoisotopic (exact) mass is 528 g/mol. The summed E-state index contributed by atoms with van der Waals surface area (Å²) in [5.74, 6) is -1.02. The number of unbranched alkanes of at least 4 members (excludes halogenated alkanes) is 1. The van der Waals surface area contributed by atoms with E-state index in [2.05, 4.69) is 17.4 Å². The summed E-state index contributed by atoms with van der Waals surface area (Å²) >= 11 is -1.16. The Bertz CT molecular complexity index is 986. The van der Waals surface area contributed by atoms with Crippen LogP contribution in [0.25, 0.3) is 11.1 Å². The molecule has 1 radical (unpaired) electrons. The molecule has 181 valence electrons. The molecule has 1 atom stereocenters. The average molecular weight is 528 g/mol. The molecule has 1 aliphatic rings. The van der Waals surface area contributed by atoms with E-state index in [9.17, 15) is 19.5 Å². The molecular weight excluding hydrogens is 497 g/mol. The van der Waals surface area contributed by atoms with Crippen LogP contribution >= 0.6 is 0 Å². The van der Waals surface area contributed by atoms with Crippen molar-refractivity contribution in [1.82, 2.24) is 5.32 Å². The second-order valence-corrected chi connectivity index (χ2v) is 11.8. The molecule has 0 spiro atoms. The van der Waals surface area contributed by atoms with E-state index >= 15 is 0 Å². The molecule has 1 aliphatic carbocycles. The van der Waals surface area contributed by atoms with Crippen molar-refractivity contribution in [2.24, 2.45) is 0 Å². The van der Waals surface area contributed by atoms with Gasteiger partial charge < -0.3 is 0 Å². The maximum atomic E-state index is 12.5. The van der Waals surface area contributed by atoms with Crippen LogP contribution in [0.2, 0.25) is 4.71 Å². The van der Waals surface area contributed by atoms with Crippen molar-refractivity contribution in [3.63, 3.8) is 0 Å². The number of carbonyl (C=O) groups is 3. The van der Waals surface area contributed by atoms with E-state index < -0.39 is 42.9 Å². The van der Waals surface area contributed by atoms with Crippen molar-refractivity contribution in [1.29, 1.82) is 0 Å². The first-order chi connectivity index (χ1) is 16.2. The van der Waals surface area contributed by atoms with Gasteiger partial charge in [-0.1, -0.05) is 0 Å². The summed E-state index contributed by atoms with van der Waals surface area (Å²) in [5.41, 5.74) is 3.98. The van der Waals surface area contributed by atoms with Crippen molar-refractivity contribution in [2.75, 3.05) is 13.2 Å². The molecule has 2 aromatic rings. The molecule has 2 aromatic carbocycles. The fourth-order valence-corrected chi connectivity index (χ4v) is 5.70. The topological polar surface area (TPSA) is 102 Å². The molecule has 0 aromatic heterocycles. The van der Waals surface area contributed by atoms with Gasteiger partial charge in [-0.05, 0) is 0 Å². The normalized spacial score (nSPS) is 13.9. The third kappa shape index (κ3) is 7.10. The minimum atomic E-state index is -1.16. The van der Waals surface area contributed by atoms with Gasteiger partial charge in [-0.3, -0.25) is 0 Å². The minimum absolute atomic E-state index is 0.0419. The Morgan fingerprint density at radius 1 is 1.00 bits per heavy atom. The molecular formula is C26H31AsNO6. The Labute approximate surface area is 206 Å². The SMILES string of the molecule is CC(C)(C)OC(=O)NCCCCC([As]C(=O)OCC1c2ccccc2-c2ccccc21)C(=O)O. The molecule has 2 N–H and O–H groups in total. The molecule has 0 bridgehead atoms. The summed E-state index contributed by atoms with van der Waals surface area (Å²) in [5, 5.41) is 12.2. The third-order valence-electron chi connectivity index (χ3n) is 5.45. The molecule has 0 saturated heterocycles. The molecule has 0 aliphatic heterocycles. The zero-order chi connectivity index (χ0) is 24.7. The molecule has 7 nitrogen and oxygen atoms in total. The molecule has 0 heterocycles. The molecule has 0 saturated carbocycles. The molecule has 1 unspecified atom stereocenters. The van der Waals surface area contributed by atoms with Crippen LogP contribution in [-0.2, 0) is 14.3 Å². The second kappa shape index (κ2) is 11.6. The number of fused-ring (bicyclic) bond motifs is 3. The predicted molar refractivity (Wildman–Crippen MR) is 130 cm³/mol. The summed E-state index contributed by atoms with van der Waals surface area (Å²) in [6.45, 7) is 5.96. The summed E-state index contributed by atoms with van der Waals surface area (Å²) in [6, 6.07) is 16.2. The fourth-order valence-electron chi connectivity index (χ4n) is 3.97. The van der Waals surface area contributed by atoms with Crippen molar-refractivity contribution in [2.45, 2.75) is 56.3 Å². The average Bonchev–Trinajstić information content (AvgIpc) is 3.09. The second-order valence-electron chi connectivity index (χ2n) is 9.21. The first-order valence-corrected chi connectivity index (χ1v) is 13.4. The zero-order valence-corrected chi connectivity index (χ0v) is 21.6. The van der Waals surface area contributed by atoms with E-state index in [0.29, 0.717) is 25.8 Å². The summed E-state index contributed by atoms with van der Waals surface area (Å²) in [6.07, 6.45) is 1.07. The van der Waals surface area contributed by atoms with Crippen LogP contribution in [-0.4, -0.2) is 56.4 Å². The van der Waals surface area contributed by atoms with Crippen LogP contribution in [0.3, 0.4) is 0 Å². The number of carbonyl (C=O) groups excluding carboxylic acids is 2. The molecule has 34 heavy (non-hydrogen) atoms. The fraction of sp³-hybridized carbons (Fsp3) is 0.423. The number of carboxylic acids is 1. The van der Waals surface area contributed by atoms with Gasteiger partial charge in [0.15, 0.2) is 0 Å². The van der Waals surface area contributed by atoms with E-state index in [1.807, 2.05) is 36.4 Å². The Morgan fingerprint density at radius 3 is 2.15 bits per heavy atom. The predicted octanol–water partition coefficient (Wildman–Crippen LogP) is 5.21. The Kier molecular flexibility index (Phi) is 8.78. The van der Waals surface area contributed by atoms with Gasteiger partial charge in [0, 0.05) is 0 Å². The van der Waals surface area contributed by atoms with Gasteiger partial charge in [-0.2, -0.15) is 0 Å². The summed E-state index contributed by atoms with van der Waals surface area (Å²) < 4.78 is 9.61. The number of hydrogen-bond donors (Lipinski definition) is 2. The van der Waals surface area contributed by atoms with Crippen LogP contribution in [0.15, 0.2) is 48.5 Å².